The van der Waals surface area contributed by atoms with E-state index in [1.165, 1.54) is 44.6 Å². The summed E-state index contributed by atoms with van der Waals surface area (Å²) in [6.07, 6.45) is 0.858. The van der Waals surface area contributed by atoms with Crippen molar-refractivity contribution in [3.8, 4) is 5.75 Å². The molecule has 0 radical (unpaired) electrons. The summed E-state index contributed by atoms with van der Waals surface area (Å²) in [5.74, 6) is -1.31. The summed E-state index contributed by atoms with van der Waals surface area (Å²) in [6, 6.07) is 9.26. The van der Waals surface area contributed by atoms with Crippen molar-refractivity contribution in [3.63, 3.8) is 0 Å². The molecule has 1 N–H and O–H groups in total. The minimum Gasteiger partial charge on any atom is -0.495 e. The molecule has 0 aliphatic rings. The molecule has 11 nitrogen and oxygen atoms in total. The van der Waals surface area contributed by atoms with Gasteiger partial charge in [-0.15, -0.1) is 0 Å². The van der Waals surface area contributed by atoms with Gasteiger partial charge in [0.1, 0.15) is 18.0 Å². The van der Waals surface area contributed by atoms with Crippen molar-refractivity contribution in [1.82, 2.24) is 0 Å². The van der Waals surface area contributed by atoms with Crippen LogP contribution in [0.2, 0.25) is 0 Å². The first-order valence-electron chi connectivity index (χ1n) is 8.35. The topological polar surface area (TPSA) is 145 Å². The van der Waals surface area contributed by atoms with Crippen LogP contribution in [0.1, 0.15) is 10.4 Å². The lowest BCUT2D eigenvalue weighted by molar-refractivity contribution is -0.384. The van der Waals surface area contributed by atoms with E-state index in [-0.39, 0.29) is 28.4 Å². The van der Waals surface area contributed by atoms with E-state index in [2.05, 4.69) is 10.1 Å². The number of sulfonamides is 1. The second kappa shape index (κ2) is 9.22. The molecule has 0 unspecified atom stereocenters. The molecule has 2 aromatic carbocycles. The van der Waals surface area contributed by atoms with Crippen LogP contribution in [0, 0.1) is 10.1 Å². The number of methoxy groups -OCH3 is 2. The first-order valence-corrected chi connectivity index (χ1v) is 10.2. The number of amides is 1. The highest BCUT2D eigenvalue weighted by molar-refractivity contribution is 7.92. The van der Waals surface area contributed by atoms with Crippen LogP contribution in [0.25, 0.3) is 0 Å². The number of carbonyl (C=O) groups excluding carboxylic acids is 2. The molecule has 0 saturated carbocycles. The number of carbonyl (C=O) groups is 2. The molecule has 0 aromatic heterocycles. The molecule has 30 heavy (non-hydrogen) atoms. The number of nitro benzene ring substituents is 1. The molecule has 0 aliphatic carbocycles. The zero-order chi connectivity index (χ0) is 22.5. The lowest BCUT2D eigenvalue weighted by Gasteiger charge is -2.23. The van der Waals surface area contributed by atoms with Gasteiger partial charge in [0.15, 0.2) is 0 Å². The van der Waals surface area contributed by atoms with E-state index in [9.17, 15) is 28.1 Å². The van der Waals surface area contributed by atoms with Crippen LogP contribution in [0.15, 0.2) is 42.5 Å². The third kappa shape index (κ3) is 5.44. The third-order valence-electron chi connectivity index (χ3n) is 3.90. The van der Waals surface area contributed by atoms with Crippen LogP contribution < -0.4 is 14.4 Å². The Morgan fingerprint density at radius 1 is 1.17 bits per heavy atom. The fraction of sp³-hybridized carbons (Fsp3) is 0.222. The lowest BCUT2D eigenvalue weighted by Crippen LogP contribution is -2.37. The number of nitrogens with zero attached hydrogens (tertiary/aromatic N) is 2. The maximum Gasteiger partial charge on any atom is 0.337 e. The van der Waals surface area contributed by atoms with Crippen LogP contribution in [0.3, 0.4) is 0 Å². The number of hydrogen-bond donors (Lipinski definition) is 1. The summed E-state index contributed by atoms with van der Waals surface area (Å²) in [7, 11) is -1.53. The molecule has 2 rings (SSSR count). The van der Waals surface area contributed by atoms with Crippen LogP contribution >= 0.6 is 0 Å². The van der Waals surface area contributed by atoms with Crippen molar-refractivity contribution in [2.45, 2.75) is 0 Å². The van der Waals surface area contributed by atoms with Crippen molar-refractivity contribution >= 4 is 39.0 Å². The number of anilines is 2. The van der Waals surface area contributed by atoms with E-state index >= 15 is 0 Å². The highest BCUT2D eigenvalue weighted by atomic mass is 32.2. The smallest absolute Gasteiger partial charge is 0.337 e. The Hall–Kier alpha value is -3.67. The molecule has 0 heterocycles. The van der Waals surface area contributed by atoms with E-state index < -0.39 is 33.4 Å². The van der Waals surface area contributed by atoms with Crippen molar-refractivity contribution in [3.05, 3.63) is 58.1 Å². The van der Waals surface area contributed by atoms with Gasteiger partial charge in [-0.1, -0.05) is 6.07 Å². The van der Waals surface area contributed by atoms with Crippen molar-refractivity contribution in [2.24, 2.45) is 0 Å². The van der Waals surface area contributed by atoms with Crippen molar-refractivity contribution in [1.29, 1.82) is 0 Å². The van der Waals surface area contributed by atoms with E-state index in [0.29, 0.717) is 4.31 Å². The van der Waals surface area contributed by atoms with Crippen LogP contribution in [-0.4, -0.2) is 52.2 Å². The summed E-state index contributed by atoms with van der Waals surface area (Å²) >= 11 is 0. The normalized spacial score (nSPS) is 10.8. The first-order chi connectivity index (χ1) is 14.1. The summed E-state index contributed by atoms with van der Waals surface area (Å²) in [6.45, 7) is -0.682. The summed E-state index contributed by atoms with van der Waals surface area (Å²) in [5, 5.41) is 13.6. The Morgan fingerprint density at radius 2 is 1.87 bits per heavy atom. The molecule has 0 spiro atoms. The molecule has 1 amide bonds. The van der Waals surface area contributed by atoms with E-state index in [1.54, 1.807) is 0 Å². The molecule has 0 saturated heterocycles. The van der Waals surface area contributed by atoms with Gasteiger partial charge in [-0.2, -0.15) is 0 Å². The number of non-ortho nitro benzene ring substituents is 1. The fourth-order valence-corrected chi connectivity index (χ4v) is 3.39. The summed E-state index contributed by atoms with van der Waals surface area (Å²) in [4.78, 5) is 34.5. The predicted molar refractivity (Wildman–Crippen MR) is 108 cm³/mol. The molecule has 12 heteroatoms. The van der Waals surface area contributed by atoms with Crippen LogP contribution in [0.4, 0.5) is 17.1 Å². The predicted octanol–water partition coefficient (Wildman–Crippen LogP) is 1.79. The largest absolute Gasteiger partial charge is 0.495 e. The van der Waals surface area contributed by atoms with Crippen LogP contribution in [-0.2, 0) is 19.6 Å². The number of ether oxygens (including phenoxy) is 2. The lowest BCUT2D eigenvalue weighted by atomic mass is 10.2. The number of nitro groups is 1. The first kappa shape index (κ1) is 22.6. The monoisotopic (exact) mass is 437 g/mol. The van der Waals surface area contributed by atoms with Gasteiger partial charge in [-0.05, 0) is 24.3 Å². The third-order valence-corrected chi connectivity index (χ3v) is 5.02. The quantitative estimate of drug-likeness (QED) is 0.374. The molecule has 0 bridgehead atoms. The zero-order valence-electron chi connectivity index (χ0n) is 16.3. The van der Waals surface area contributed by atoms with E-state index in [0.717, 1.165) is 18.4 Å². The van der Waals surface area contributed by atoms with Gasteiger partial charge < -0.3 is 14.8 Å². The van der Waals surface area contributed by atoms with Gasteiger partial charge in [0.2, 0.25) is 15.9 Å². The number of rotatable bonds is 8. The molecule has 0 aliphatic heterocycles. The SMILES string of the molecule is COC(=O)c1cccc(NC(=O)CN(c2cc([N+](=O)[O-])ccc2OC)S(C)(=O)=O)c1. The second-order valence-corrected chi connectivity index (χ2v) is 7.91. The molecule has 160 valence electrons. The van der Waals surface area contributed by atoms with Crippen LogP contribution in [0.5, 0.6) is 5.75 Å². The van der Waals surface area contributed by atoms with Gasteiger partial charge in [0, 0.05) is 17.8 Å². The Morgan fingerprint density at radius 3 is 2.43 bits per heavy atom. The molecule has 0 atom stereocenters. The maximum atomic E-state index is 12.5. The molecular weight excluding hydrogens is 418 g/mol. The Labute approximate surface area is 172 Å². The van der Waals surface area contributed by atoms with E-state index in [4.69, 9.17) is 4.74 Å². The van der Waals surface area contributed by atoms with Gasteiger partial charge in [-0.25, -0.2) is 13.2 Å². The van der Waals surface area contributed by atoms with Gasteiger partial charge in [0.25, 0.3) is 5.69 Å². The van der Waals surface area contributed by atoms with Gasteiger partial charge in [0.05, 0.1) is 31.0 Å². The zero-order valence-corrected chi connectivity index (χ0v) is 17.1. The Kier molecular flexibility index (Phi) is 6.95. The Bertz CT molecular complexity index is 1080. The number of benzene rings is 2. The average Bonchev–Trinajstić information content (AvgIpc) is 2.70. The maximum absolute atomic E-state index is 12.5. The summed E-state index contributed by atoms with van der Waals surface area (Å²) < 4.78 is 35.0. The van der Waals surface area contributed by atoms with Crippen molar-refractivity contribution in [2.75, 3.05) is 36.6 Å². The number of nitrogens with one attached hydrogen (secondary N) is 1. The minimum absolute atomic E-state index is 0.0338. The summed E-state index contributed by atoms with van der Waals surface area (Å²) in [5.41, 5.74) is -0.101. The highest BCUT2D eigenvalue weighted by Gasteiger charge is 2.26. The molecule has 2 aromatic rings. The number of esters is 1. The Balaban J connectivity index is 2.35. The van der Waals surface area contributed by atoms with E-state index in [1.807, 2.05) is 0 Å². The molecular formula is C18H19N3O8S. The average molecular weight is 437 g/mol. The second-order valence-electron chi connectivity index (χ2n) is 6.00. The van der Waals surface area contributed by atoms with Gasteiger partial charge >= 0.3 is 5.97 Å². The fourth-order valence-electron chi connectivity index (χ4n) is 2.54. The van der Waals surface area contributed by atoms with Gasteiger partial charge in [-0.3, -0.25) is 19.2 Å². The van der Waals surface area contributed by atoms with Crippen molar-refractivity contribution < 1.29 is 32.4 Å². The highest BCUT2D eigenvalue weighted by Crippen LogP contribution is 2.33. The standard InChI is InChI=1S/C18H19N3O8S/c1-28-16-8-7-14(21(24)25)10-15(16)20(30(3,26)27)11-17(22)19-13-6-4-5-12(9-13)18(23)29-2/h4-10H,11H2,1-3H3,(H,19,22). The number of hydrogen-bond acceptors (Lipinski definition) is 8. The minimum atomic E-state index is -4.01. The molecule has 0 fully saturated rings.